The maximum atomic E-state index is 11.9. The number of nitrogens with zero attached hydrogens (tertiary/aromatic N) is 5. The van der Waals surface area contributed by atoms with Crippen LogP contribution in [0.5, 0.6) is 0 Å². The van der Waals surface area contributed by atoms with Crippen molar-refractivity contribution in [2.24, 2.45) is 0 Å². The molecule has 4 heterocycles. The molecule has 0 bridgehead atoms. The van der Waals surface area contributed by atoms with Crippen LogP contribution in [0.1, 0.15) is 25.0 Å². The SMILES string of the molecule is CCC(O)c1c(N2CCS(=O)(=O)CC2)nc2c(-c3cnc4ccccc4c3)cnn2c1N. The summed E-state index contributed by atoms with van der Waals surface area (Å²) in [6.45, 7) is 2.46. The predicted molar refractivity (Wildman–Crippen MR) is 124 cm³/mol. The maximum absolute atomic E-state index is 11.9. The number of nitrogen functional groups attached to an aromatic ring is 1. The molecule has 1 aliphatic rings. The van der Waals surface area contributed by atoms with Gasteiger partial charge in [0.05, 0.1) is 34.9 Å². The number of para-hydroxylation sites is 1. The van der Waals surface area contributed by atoms with Crippen LogP contribution in [-0.2, 0) is 9.84 Å². The van der Waals surface area contributed by atoms with Gasteiger partial charge in [-0.05, 0) is 18.6 Å². The van der Waals surface area contributed by atoms with Gasteiger partial charge in [-0.25, -0.2) is 13.4 Å². The second kappa shape index (κ2) is 7.72. The van der Waals surface area contributed by atoms with Crippen LogP contribution in [-0.4, -0.2) is 57.7 Å². The smallest absolute Gasteiger partial charge is 0.167 e. The number of hydrogen-bond donors (Lipinski definition) is 2. The average molecular weight is 453 g/mol. The first-order valence-corrected chi connectivity index (χ1v) is 12.4. The Morgan fingerprint density at radius 3 is 2.69 bits per heavy atom. The fraction of sp³-hybridized carbons (Fsp3) is 0.318. The number of benzene rings is 1. The van der Waals surface area contributed by atoms with Crippen LogP contribution < -0.4 is 10.6 Å². The van der Waals surface area contributed by atoms with Crippen molar-refractivity contribution in [2.45, 2.75) is 19.4 Å². The molecule has 3 N–H and O–H groups in total. The minimum atomic E-state index is -3.07. The third-order valence-corrected chi connectivity index (χ3v) is 7.58. The Balaban J connectivity index is 1.69. The number of aliphatic hydroxyl groups excluding tert-OH is 1. The highest BCUT2D eigenvalue weighted by Gasteiger charge is 2.29. The fourth-order valence-electron chi connectivity index (χ4n) is 4.13. The molecule has 0 radical (unpaired) electrons. The Morgan fingerprint density at radius 1 is 1.19 bits per heavy atom. The molecule has 0 amide bonds. The molecule has 1 unspecified atom stereocenters. The second-order valence-electron chi connectivity index (χ2n) is 8.01. The Labute approximate surface area is 185 Å². The van der Waals surface area contributed by atoms with Gasteiger partial charge in [-0.2, -0.15) is 9.61 Å². The Kier molecular flexibility index (Phi) is 4.98. The zero-order valence-corrected chi connectivity index (χ0v) is 18.5. The first kappa shape index (κ1) is 20.7. The number of rotatable bonds is 4. The topological polar surface area (TPSA) is 127 Å². The molecule has 4 aromatic rings. The summed E-state index contributed by atoms with van der Waals surface area (Å²) in [5, 5.41) is 16.1. The second-order valence-corrected chi connectivity index (χ2v) is 10.3. The van der Waals surface area contributed by atoms with E-state index in [-0.39, 0.29) is 11.5 Å². The summed E-state index contributed by atoms with van der Waals surface area (Å²) in [4.78, 5) is 11.3. The number of pyridine rings is 1. The number of fused-ring (bicyclic) bond motifs is 2. The van der Waals surface area contributed by atoms with Crippen molar-refractivity contribution in [1.82, 2.24) is 19.6 Å². The molecule has 1 atom stereocenters. The number of aliphatic hydroxyl groups is 1. The van der Waals surface area contributed by atoms with Crippen molar-refractivity contribution in [3.8, 4) is 11.1 Å². The zero-order valence-electron chi connectivity index (χ0n) is 17.6. The van der Waals surface area contributed by atoms with Crippen LogP contribution in [0.2, 0.25) is 0 Å². The highest BCUT2D eigenvalue weighted by Crippen LogP contribution is 2.36. The minimum absolute atomic E-state index is 0.0438. The molecule has 0 spiro atoms. The van der Waals surface area contributed by atoms with Crippen LogP contribution in [0.4, 0.5) is 11.6 Å². The Bertz CT molecular complexity index is 1420. The quantitative estimate of drug-likeness (QED) is 0.483. The number of hydrogen-bond acceptors (Lipinski definition) is 8. The molecule has 3 aromatic heterocycles. The lowest BCUT2D eigenvalue weighted by Crippen LogP contribution is -2.41. The van der Waals surface area contributed by atoms with E-state index >= 15 is 0 Å². The molecule has 5 rings (SSSR count). The molecule has 1 saturated heterocycles. The van der Waals surface area contributed by atoms with E-state index in [1.54, 1.807) is 12.4 Å². The van der Waals surface area contributed by atoms with E-state index in [1.165, 1.54) is 4.52 Å². The van der Waals surface area contributed by atoms with Gasteiger partial charge in [0.25, 0.3) is 0 Å². The van der Waals surface area contributed by atoms with E-state index in [0.717, 1.165) is 22.0 Å². The lowest BCUT2D eigenvalue weighted by atomic mass is 10.1. The average Bonchev–Trinajstić information content (AvgIpc) is 3.22. The van der Waals surface area contributed by atoms with Crippen molar-refractivity contribution in [1.29, 1.82) is 0 Å². The van der Waals surface area contributed by atoms with Crippen molar-refractivity contribution in [3.63, 3.8) is 0 Å². The predicted octanol–water partition coefficient (Wildman–Crippen LogP) is 2.20. The first-order valence-electron chi connectivity index (χ1n) is 10.5. The van der Waals surface area contributed by atoms with Gasteiger partial charge in [0.2, 0.25) is 0 Å². The zero-order chi connectivity index (χ0) is 22.5. The molecule has 9 nitrogen and oxygen atoms in total. The van der Waals surface area contributed by atoms with Gasteiger partial charge >= 0.3 is 0 Å². The van der Waals surface area contributed by atoms with Gasteiger partial charge in [-0.3, -0.25) is 4.98 Å². The Hall–Kier alpha value is -3.24. The van der Waals surface area contributed by atoms with E-state index in [0.29, 0.717) is 42.4 Å². The van der Waals surface area contributed by atoms with Gasteiger partial charge in [-0.1, -0.05) is 25.1 Å². The molecule has 1 aliphatic heterocycles. The third kappa shape index (κ3) is 3.45. The summed E-state index contributed by atoms with van der Waals surface area (Å²) in [6.07, 6.45) is 3.07. The van der Waals surface area contributed by atoms with Crippen molar-refractivity contribution in [2.75, 3.05) is 35.2 Å². The summed E-state index contributed by atoms with van der Waals surface area (Å²) in [5.74, 6) is 0.895. The van der Waals surface area contributed by atoms with Crippen LogP contribution in [0.15, 0.2) is 42.7 Å². The Morgan fingerprint density at radius 2 is 1.94 bits per heavy atom. The summed E-state index contributed by atoms with van der Waals surface area (Å²) >= 11 is 0. The van der Waals surface area contributed by atoms with Crippen molar-refractivity contribution in [3.05, 3.63) is 48.3 Å². The maximum Gasteiger partial charge on any atom is 0.167 e. The normalized spacial score (nSPS) is 17.1. The number of anilines is 2. The first-order chi connectivity index (χ1) is 15.4. The van der Waals surface area contributed by atoms with E-state index in [4.69, 9.17) is 10.7 Å². The summed E-state index contributed by atoms with van der Waals surface area (Å²) in [7, 11) is -3.07. The van der Waals surface area contributed by atoms with Crippen LogP contribution in [0.3, 0.4) is 0 Å². The van der Waals surface area contributed by atoms with Gasteiger partial charge in [0, 0.05) is 35.8 Å². The van der Waals surface area contributed by atoms with E-state index in [2.05, 4.69) is 10.1 Å². The number of sulfone groups is 1. The molecular weight excluding hydrogens is 428 g/mol. The summed E-state index contributed by atoms with van der Waals surface area (Å²) in [6, 6.07) is 9.87. The number of aromatic nitrogens is 4. The third-order valence-electron chi connectivity index (χ3n) is 5.97. The van der Waals surface area contributed by atoms with Gasteiger partial charge in [-0.15, -0.1) is 0 Å². The van der Waals surface area contributed by atoms with Crippen LogP contribution >= 0.6 is 0 Å². The lowest BCUT2D eigenvalue weighted by molar-refractivity contribution is 0.174. The minimum Gasteiger partial charge on any atom is -0.388 e. The summed E-state index contributed by atoms with van der Waals surface area (Å²) < 4.78 is 25.4. The van der Waals surface area contributed by atoms with Crippen LogP contribution in [0.25, 0.3) is 27.7 Å². The van der Waals surface area contributed by atoms with Gasteiger partial charge in [0.15, 0.2) is 15.5 Å². The number of nitrogens with two attached hydrogens (primary N) is 1. The van der Waals surface area contributed by atoms with E-state index in [1.807, 2.05) is 42.2 Å². The van der Waals surface area contributed by atoms with Crippen LogP contribution in [0, 0.1) is 0 Å². The summed E-state index contributed by atoms with van der Waals surface area (Å²) in [5.41, 5.74) is 10.00. The lowest BCUT2D eigenvalue weighted by Gasteiger charge is -2.31. The highest BCUT2D eigenvalue weighted by molar-refractivity contribution is 7.91. The largest absolute Gasteiger partial charge is 0.388 e. The van der Waals surface area contributed by atoms with Gasteiger partial charge < -0.3 is 15.7 Å². The highest BCUT2D eigenvalue weighted by atomic mass is 32.2. The molecule has 166 valence electrons. The molecule has 1 aromatic carbocycles. The molecule has 0 saturated carbocycles. The molecule has 10 heteroatoms. The van der Waals surface area contributed by atoms with E-state index in [9.17, 15) is 13.5 Å². The van der Waals surface area contributed by atoms with E-state index < -0.39 is 15.9 Å². The molecular formula is C22H24N6O3S. The standard InChI is InChI=1S/C22H24N6O3S/c1-2-18(29)19-20(23)28-21(26-22(19)27-7-9-32(30,31)10-8-27)16(13-25-28)15-11-14-5-3-4-6-17(14)24-12-15/h3-6,11-13,18,29H,2,7-10,23H2,1H3. The molecule has 32 heavy (non-hydrogen) atoms. The van der Waals surface area contributed by atoms with Crippen molar-refractivity contribution < 1.29 is 13.5 Å². The molecule has 1 fully saturated rings. The molecule has 0 aliphatic carbocycles. The monoisotopic (exact) mass is 452 g/mol. The fourth-order valence-corrected chi connectivity index (χ4v) is 5.33. The van der Waals surface area contributed by atoms with Gasteiger partial charge in [0.1, 0.15) is 11.6 Å². The van der Waals surface area contributed by atoms with Crippen molar-refractivity contribution >= 4 is 38.0 Å².